The molecule has 27 heavy (non-hydrogen) atoms. The molecule has 0 aliphatic heterocycles. The highest BCUT2D eigenvalue weighted by molar-refractivity contribution is 9.10. The number of anilines is 1. The normalized spacial score (nSPS) is 10.4. The van der Waals surface area contributed by atoms with Crippen molar-refractivity contribution in [3.63, 3.8) is 0 Å². The summed E-state index contributed by atoms with van der Waals surface area (Å²) in [6, 6.07) is 16.6. The van der Waals surface area contributed by atoms with Crippen LogP contribution in [0.15, 0.2) is 65.1 Å². The monoisotopic (exact) mass is 429 g/mol. The van der Waals surface area contributed by atoms with Gasteiger partial charge in [0, 0.05) is 23.5 Å². The molecule has 0 aliphatic carbocycles. The fraction of sp³-hybridized carbons (Fsp3) is 0.150. The Kier molecular flexibility index (Phi) is 8.25. The first-order valence-corrected chi connectivity index (χ1v) is 9.16. The highest BCUT2D eigenvalue weighted by Crippen LogP contribution is 2.20. The van der Waals surface area contributed by atoms with E-state index in [2.05, 4.69) is 31.9 Å². The summed E-state index contributed by atoms with van der Waals surface area (Å²) >= 11 is 3.33. The molecule has 3 N–H and O–H groups in total. The first-order chi connectivity index (χ1) is 13.0. The maximum absolute atomic E-state index is 11.8. The Morgan fingerprint density at radius 1 is 0.889 bits per heavy atom. The number of hydrogen-bond donors (Lipinski definition) is 3. The Hall–Kier alpha value is -2.93. The minimum Gasteiger partial charge on any atom is -0.352 e. The average Bonchev–Trinajstić information content (AvgIpc) is 2.67. The van der Waals surface area contributed by atoms with Gasteiger partial charge >= 0.3 is 0 Å². The molecule has 0 bridgehead atoms. The zero-order chi connectivity index (χ0) is 19.5. The van der Waals surface area contributed by atoms with Crippen LogP contribution in [0.5, 0.6) is 0 Å². The maximum atomic E-state index is 11.8. The van der Waals surface area contributed by atoms with E-state index >= 15 is 0 Å². The summed E-state index contributed by atoms with van der Waals surface area (Å²) in [7, 11) is 0. The van der Waals surface area contributed by atoms with Crippen LogP contribution in [-0.2, 0) is 14.4 Å². The summed E-state index contributed by atoms with van der Waals surface area (Å²) in [6.07, 6.45) is 3.20. The van der Waals surface area contributed by atoms with Gasteiger partial charge in [-0.05, 0) is 39.7 Å². The molecule has 2 aromatic carbocycles. The van der Waals surface area contributed by atoms with Crippen LogP contribution in [0, 0.1) is 0 Å². The second kappa shape index (κ2) is 10.9. The Balaban J connectivity index is 1.63. The molecule has 140 valence electrons. The van der Waals surface area contributed by atoms with Crippen molar-refractivity contribution in [3.8, 4) is 0 Å². The Bertz CT molecular complexity index is 822. The number of amides is 3. The number of benzene rings is 2. The van der Waals surface area contributed by atoms with E-state index in [4.69, 9.17) is 0 Å². The van der Waals surface area contributed by atoms with Gasteiger partial charge in [0.15, 0.2) is 0 Å². The van der Waals surface area contributed by atoms with Crippen LogP contribution in [0.3, 0.4) is 0 Å². The predicted octanol–water partition coefficient (Wildman–Crippen LogP) is 2.72. The topological polar surface area (TPSA) is 87.3 Å². The van der Waals surface area contributed by atoms with E-state index < -0.39 is 0 Å². The van der Waals surface area contributed by atoms with Gasteiger partial charge in [-0.2, -0.15) is 0 Å². The summed E-state index contributed by atoms with van der Waals surface area (Å²) in [5.41, 5.74) is 1.55. The molecule has 0 atom stereocenters. The van der Waals surface area contributed by atoms with Crippen molar-refractivity contribution in [1.29, 1.82) is 0 Å². The van der Waals surface area contributed by atoms with Crippen LogP contribution in [-0.4, -0.2) is 30.8 Å². The molecular formula is C20H20BrN3O3. The van der Waals surface area contributed by atoms with E-state index in [9.17, 15) is 14.4 Å². The van der Waals surface area contributed by atoms with E-state index in [0.717, 1.165) is 10.0 Å². The standard InChI is InChI=1S/C20H20BrN3O3/c21-16-8-4-5-9-17(16)24-20(27)14-23-19(26)12-13-22-18(25)11-10-15-6-2-1-3-7-15/h1-11H,12-14H2,(H,22,25)(H,23,26)(H,24,27)/b11-10+. The molecule has 0 spiro atoms. The fourth-order valence-electron chi connectivity index (χ4n) is 2.12. The molecule has 2 aromatic rings. The number of carbonyl (C=O) groups is 3. The molecule has 0 aromatic heterocycles. The van der Waals surface area contributed by atoms with Crippen LogP contribution in [0.1, 0.15) is 12.0 Å². The summed E-state index contributed by atoms with van der Waals surface area (Å²) in [6.45, 7) is 0.0532. The van der Waals surface area contributed by atoms with Crippen molar-refractivity contribution in [2.45, 2.75) is 6.42 Å². The Morgan fingerprint density at radius 3 is 2.33 bits per heavy atom. The lowest BCUT2D eigenvalue weighted by molar-refractivity contribution is -0.124. The molecule has 0 saturated carbocycles. The van der Waals surface area contributed by atoms with Gasteiger partial charge in [-0.3, -0.25) is 14.4 Å². The molecule has 7 heteroatoms. The molecule has 0 radical (unpaired) electrons. The van der Waals surface area contributed by atoms with Gasteiger partial charge in [-0.25, -0.2) is 0 Å². The molecule has 3 amide bonds. The van der Waals surface area contributed by atoms with Crippen LogP contribution < -0.4 is 16.0 Å². The van der Waals surface area contributed by atoms with Crippen molar-refractivity contribution in [2.75, 3.05) is 18.4 Å². The second-order valence-electron chi connectivity index (χ2n) is 5.59. The lowest BCUT2D eigenvalue weighted by Gasteiger charge is -2.08. The van der Waals surface area contributed by atoms with Gasteiger partial charge in [0.1, 0.15) is 0 Å². The number of carbonyl (C=O) groups excluding carboxylic acids is 3. The smallest absolute Gasteiger partial charge is 0.244 e. The highest BCUT2D eigenvalue weighted by atomic mass is 79.9. The predicted molar refractivity (Wildman–Crippen MR) is 109 cm³/mol. The van der Waals surface area contributed by atoms with E-state index in [1.807, 2.05) is 42.5 Å². The fourth-order valence-corrected chi connectivity index (χ4v) is 2.50. The van der Waals surface area contributed by atoms with E-state index in [-0.39, 0.29) is 37.2 Å². The van der Waals surface area contributed by atoms with Crippen LogP contribution in [0.25, 0.3) is 6.08 Å². The van der Waals surface area contributed by atoms with Gasteiger partial charge in [0.2, 0.25) is 17.7 Å². The van der Waals surface area contributed by atoms with Gasteiger partial charge in [-0.15, -0.1) is 0 Å². The Morgan fingerprint density at radius 2 is 1.59 bits per heavy atom. The molecule has 0 aliphatic rings. The molecule has 0 unspecified atom stereocenters. The van der Waals surface area contributed by atoms with Gasteiger partial charge in [0.25, 0.3) is 0 Å². The summed E-state index contributed by atoms with van der Waals surface area (Å²) in [5.74, 6) is -0.923. The van der Waals surface area contributed by atoms with Gasteiger partial charge in [0.05, 0.1) is 12.2 Å². The van der Waals surface area contributed by atoms with E-state index in [1.54, 1.807) is 18.2 Å². The van der Waals surface area contributed by atoms with Crippen LogP contribution >= 0.6 is 15.9 Å². The van der Waals surface area contributed by atoms with Gasteiger partial charge in [-0.1, -0.05) is 42.5 Å². The highest BCUT2D eigenvalue weighted by Gasteiger charge is 2.07. The first-order valence-electron chi connectivity index (χ1n) is 8.36. The molecule has 0 heterocycles. The lowest BCUT2D eigenvalue weighted by Crippen LogP contribution is -2.35. The quantitative estimate of drug-likeness (QED) is 0.563. The number of para-hydroxylation sites is 1. The first kappa shape index (κ1) is 20.4. The largest absolute Gasteiger partial charge is 0.352 e. The number of hydrogen-bond acceptors (Lipinski definition) is 3. The summed E-state index contributed by atoms with van der Waals surface area (Å²) in [4.78, 5) is 35.3. The minimum absolute atomic E-state index is 0.0905. The van der Waals surface area contributed by atoms with Crippen molar-refractivity contribution < 1.29 is 14.4 Å². The zero-order valence-electron chi connectivity index (χ0n) is 14.6. The minimum atomic E-state index is -0.329. The average molecular weight is 430 g/mol. The maximum Gasteiger partial charge on any atom is 0.244 e. The molecule has 0 fully saturated rings. The summed E-state index contributed by atoms with van der Waals surface area (Å²) < 4.78 is 0.760. The molecule has 6 nitrogen and oxygen atoms in total. The van der Waals surface area contributed by atoms with E-state index in [0.29, 0.717) is 5.69 Å². The summed E-state index contributed by atoms with van der Waals surface area (Å²) in [5, 5.41) is 7.84. The van der Waals surface area contributed by atoms with Crippen molar-refractivity contribution >= 4 is 45.4 Å². The van der Waals surface area contributed by atoms with Crippen molar-refractivity contribution in [3.05, 3.63) is 70.7 Å². The third-order valence-electron chi connectivity index (χ3n) is 3.47. The van der Waals surface area contributed by atoms with Crippen molar-refractivity contribution in [2.24, 2.45) is 0 Å². The second-order valence-corrected chi connectivity index (χ2v) is 6.44. The molecule has 2 rings (SSSR count). The van der Waals surface area contributed by atoms with Crippen molar-refractivity contribution in [1.82, 2.24) is 10.6 Å². The van der Waals surface area contributed by atoms with Gasteiger partial charge < -0.3 is 16.0 Å². The lowest BCUT2D eigenvalue weighted by atomic mass is 10.2. The third-order valence-corrected chi connectivity index (χ3v) is 4.16. The Labute approximate surface area is 166 Å². The number of nitrogens with one attached hydrogen (secondary N) is 3. The van der Waals surface area contributed by atoms with E-state index in [1.165, 1.54) is 6.08 Å². The zero-order valence-corrected chi connectivity index (χ0v) is 16.2. The SMILES string of the molecule is O=C(/C=C/c1ccccc1)NCCC(=O)NCC(=O)Nc1ccccc1Br. The van der Waals surface area contributed by atoms with Crippen LogP contribution in [0.4, 0.5) is 5.69 Å². The number of halogens is 1. The molecule has 0 saturated heterocycles. The third kappa shape index (κ3) is 7.87. The number of rotatable bonds is 8. The van der Waals surface area contributed by atoms with Crippen LogP contribution in [0.2, 0.25) is 0 Å². The molecular weight excluding hydrogens is 410 g/mol.